The summed E-state index contributed by atoms with van der Waals surface area (Å²) in [6.07, 6.45) is 5.09. The quantitative estimate of drug-likeness (QED) is 0.783. The van der Waals surface area contributed by atoms with Crippen LogP contribution >= 0.6 is 11.6 Å². The Morgan fingerprint density at radius 1 is 1.11 bits per heavy atom. The lowest BCUT2D eigenvalue weighted by Crippen LogP contribution is -2.54. The second-order valence-corrected chi connectivity index (χ2v) is 8.36. The van der Waals surface area contributed by atoms with Crippen LogP contribution in [0.1, 0.15) is 49.3 Å². The van der Waals surface area contributed by atoms with Crippen molar-refractivity contribution < 1.29 is 9.84 Å². The molecule has 2 aliphatic rings. The summed E-state index contributed by atoms with van der Waals surface area (Å²) < 4.78 is 5.70. The number of hydrogen-bond acceptors (Lipinski definition) is 3. The number of benzene rings is 2. The largest absolute Gasteiger partial charge is 0.496 e. The number of likely N-dealkylation sites (tertiary alicyclic amines) is 1. The van der Waals surface area contributed by atoms with E-state index < -0.39 is 5.60 Å². The van der Waals surface area contributed by atoms with Crippen LogP contribution in [0.3, 0.4) is 0 Å². The minimum atomic E-state index is -0.569. The third-order valence-electron chi connectivity index (χ3n) is 6.46. The molecule has 1 aliphatic heterocycles. The smallest absolute Gasteiger partial charge is 0.123 e. The first kappa shape index (κ1) is 18.8. The van der Waals surface area contributed by atoms with E-state index in [1.165, 1.54) is 12.0 Å². The zero-order chi connectivity index (χ0) is 18.9. The summed E-state index contributed by atoms with van der Waals surface area (Å²) >= 11 is 6.46. The standard InChI is InChI=1S/C23H28ClNO2/c1-27-21-12-5-3-9-18(21)22-19-10-6-7-13-23(19,26)14-15-25(22)16-17-8-2-4-11-20(17)24/h2-5,8-9,11-12,19,22,26H,6-7,10,13-16H2,1H3. The third-order valence-corrected chi connectivity index (χ3v) is 6.83. The summed E-state index contributed by atoms with van der Waals surface area (Å²) in [5, 5.41) is 12.2. The Kier molecular flexibility index (Phi) is 5.45. The molecule has 3 nitrogen and oxygen atoms in total. The Morgan fingerprint density at radius 3 is 2.70 bits per heavy atom. The van der Waals surface area contributed by atoms with Crippen LogP contribution in [-0.2, 0) is 6.54 Å². The highest BCUT2D eigenvalue weighted by atomic mass is 35.5. The average Bonchev–Trinajstić information content (AvgIpc) is 2.69. The van der Waals surface area contributed by atoms with Crippen LogP contribution in [0.25, 0.3) is 0 Å². The Labute approximate surface area is 166 Å². The number of para-hydroxylation sites is 1. The van der Waals surface area contributed by atoms with Gasteiger partial charge in [-0.3, -0.25) is 4.90 Å². The van der Waals surface area contributed by atoms with Crippen LogP contribution < -0.4 is 4.74 Å². The minimum Gasteiger partial charge on any atom is -0.496 e. The number of nitrogens with zero attached hydrogens (tertiary/aromatic N) is 1. The van der Waals surface area contributed by atoms with E-state index in [2.05, 4.69) is 23.1 Å². The van der Waals surface area contributed by atoms with Crippen LogP contribution in [0.4, 0.5) is 0 Å². The second kappa shape index (κ2) is 7.83. The van der Waals surface area contributed by atoms with Gasteiger partial charge in [-0.1, -0.05) is 60.8 Å². The fourth-order valence-corrected chi connectivity index (χ4v) is 5.28. The average molecular weight is 386 g/mol. The molecule has 1 N–H and O–H groups in total. The molecule has 1 saturated heterocycles. The normalized spacial score (nSPS) is 28.6. The lowest BCUT2D eigenvalue weighted by atomic mass is 9.66. The summed E-state index contributed by atoms with van der Waals surface area (Å²) in [4.78, 5) is 2.49. The molecule has 0 spiro atoms. The summed E-state index contributed by atoms with van der Waals surface area (Å²) in [6.45, 7) is 1.65. The van der Waals surface area contributed by atoms with E-state index in [4.69, 9.17) is 16.3 Å². The molecule has 1 aliphatic carbocycles. The Morgan fingerprint density at radius 2 is 1.89 bits per heavy atom. The van der Waals surface area contributed by atoms with E-state index in [1.54, 1.807) is 7.11 Å². The van der Waals surface area contributed by atoms with E-state index in [0.717, 1.165) is 55.1 Å². The Balaban J connectivity index is 1.74. The first-order valence-corrected chi connectivity index (χ1v) is 10.3. The maximum absolute atomic E-state index is 11.4. The highest BCUT2D eigenvalue weighted by Gasteiger charge is 2.49. The zero-order valence-corrected chi connectivity index (χ0v) is 16.7. The minimum absolute atomic E-state index is 0.136. The van der Waals surface area contributed by atoms with E-state index in [1.807, 2.05) is 30.3 Å². The highest BCUT2D eigenvalue weighted by molar-refractivity contribution is 6.31. The van der Waals surface area contributed by atoms with Crippen molar-refractivity contribution in [3.63, 3.8) is 0 Å². The van der Waals surface area contributed by atoms with Gasteiger partial charge in [-0.15, -0.1) is 0 Å². The second-order valence-electron chi connectivity index (χ2n) is 7.95. The van der Waals surface area contributed by atoms with Crippen molar-refractivity contribution in [2.45, 2.75) is 50.3 Å². The summed E-state index contributed by atoms with van der Waals surface area (Å²) in [7, 11) is 1.73. The SMILES string of the molecule is COc1ccccc1C1C2CCCCC2(O)CCN1Cc1ccccc1Cl. The van der Waals surface area contributed by atoms with Crippen LogP contribution in [-0.4, -0.2) is 29.3 Å². The topological polar surface area (TPSA) is 32.7 Å². The van der Waals surface area contributed by atoms with E-state index in [9.17, 15) is 5.11 Å². The Bertz CT molecular complexity index is 795. The number of halogens is 1. The maximum Gasteiger partial charge on any atom is 0.123 e. The molecule has 4 heteroatoms. The van der Waals surface area contributed by atoms with Crippen molar-refractivity contribution in [2.24, 2.45) is 5.92 Å². The molecule has 2 aromatic rings. The number of fused-ring (bicyclic) bond motifs is 1. The number of methoxy groups -OCH3 is 1. The van der Waals surface area contributed by atoms with Crippen LogP contribution in [0, 0.1) is 5.92 Å². The summed E-state index contributed by atoms with van der Waals surface area (Å²) in [5.74, 6) is 1.13. The van der Waals surface area contributed by atoms with Gasteiger partial charge < -0.3 is 9.84 Å². The van der Waals surface area contributed by atoms with Crippen LogP contribution in [0.5, 0.6) is 5.75 Å². The van der Waals surface area contributed by atoms with Gasteiger partial charge in [0.2, 0.25) is 0 Å². The molecule has 2 aromatic carbocycles. The van der Waals surface area contributed by atoms with Gasteiger partial charge in [-0.2, -0.15) is 0 Å². The molecule has 1 heterocycles. The number of hydrogen-bond donors (Lipinski definition) is 1. The van der Waals surface area contributed by atoms with Crippen molar-refractivity contribution in [2.75, 3.05) is 13.7 Å². The first-order valence-electron chi connectivity index (χ1n) is 9.95. The molecule has 0 amide bonds. The summed E-state index contributed by atoms with van der Waals surface area (Å²) in [5.41, 5.74) is 1.75. The fourth-order valence-electron chi connectivity index (χ4n) is 5.09. The monoisotopic (exact) mass is 385 g/mol. The maximum atomic E-state index is 11.4. The molecular formula is C23H28ClNO2. The molecule has 0 radical (unpaired) electrons. The van der Waals surface area contributed by atoms with E-state index in [-0.39, 0.29) is 12.0 Å². The van der Waals surface area contributed by atoms with Gasteiger partial charge in [0, 0.05) is 35.6 Å². The van der Waals surface area contributed by atoms with Crippen molar-refractivity contribution in [1.29, 1.82) is 0 Å². The molecule has 4 rings (SSSR count). The molecule has 0 bridgehead atoms. The highest BCUT2D eigenvalue weighted by Crippen LogP contribution is 2.51. The van der Waals surface area contributed by atoms with Gasteiger partial charge in [0.1, 0.15) is 5.75 Å². The van der Waals surface area contributed by atoms with Crippen molar-refractivity contribution >= 4 is 11.6 Å². The van der Waals surface area contributed by atoms with Gasteiger partial charge in [0.25, 0.3) is 0 Å². The molecule has 0 aromatic heterocycles. The molecule has 144 valence electrons. The molecule has 27 heavy (non-hydrogen) atoms. The van der Waals surface area contributed by atoms with Gasteiger partial charge in [0.15, 0.2) is 0 Å². The molecule has 1 saturated carbocycles. The first-order chi connectivity index (χ1) is 13.1. The predicted octanol–water partition coefficient (Wildman–Crippen LogP) is 5.22. The lowest BCUT2D eigenvalue weighted by Gasteiger charge is -2.53. The number of rotatable bonds is 4. The Hall–Kier alpha value is -1.55. The lowest BCUT2D eigenvalue weighted by molar-refractivity contribution is -0.126. The van der Waals surface area contributed by atoms with Gasteiger partial charge in [-0.25, -0.2) is 0 Å². The van der Waals surface area contributed by atoms with E-state index >= 15 is 0 Å². The van der Waals surface area contributed by atoms with Crippen LogP contribution in [0.2, 0.25) is 5.02 Å². The van der Waals surface area contributed by atoms with Gasteiger partial charge in [-0.05, 0) is 37.0 Å². The molecule has 3 unspecified atom stereocenters. The molecular weight excluding hydrogens is 358 g/mol. The van der Waals surface area contributed by atoms with Gasteiger partial charge in [0.05, 0.1) is 12.7 Å². The van der Waals surface area contributed by atoms with Crippen molar-refractivity contribution in [1.82, 2.24) is 4.90 Å². The molecule has 3 atom stereocenters. The fraction of sp³-hybridized carbons (Fsp3) is 0.478. The summed E-state index contributed by atoms with van der Waals surface area (Å²) in [6, 6.07) is 16.5. The van der Waals surface area contributed by atoms with Crippen molar-refractivity contribution in [3.05, 3.63) is 64.7 Å². The number of ether oxygens (including phenoxy) is 1. The molecule has 2 fully saturated rings. The van der Waals surface area contributed by atoms with Crippen molar-refractivity contribution in [3.8, 4) is 5.75 Å². The zero-order valence-electron chi connectivity index (χ0n) is 15.9. The van der Waals surface area contributed by atoms with E-state index in [0.29, 0.717) is 0 Å². The van der Waals surface area contributed by atoms with Crippen LogP contribution in [0.15, 0.2) is 48.5 Å². The van der Waals surface area contributed by atoms with Gasteiger partial charge >= 0.3 is 0 Å². The number of aliphatic hydroxyl groups is 1. The number of piperidine rings is 1. The predicted molar refractivity (Wildman–Crippen MR) is 109 cm³/mol. The third kappa shape index (κ3) is 3.61.